The fourth-order valence-electron chi connectivity index (χ4n) is 2.35. The predicted molar refractivity (Wildman–Crippen MR) is 86.7 cm³/mol. The van der Waals surface area contributed by atoms with Crippen LogP contribution in [0.2, 0.25) is 0 Å². The van der Waals surface area contributed by atoms with Gasteiger partial charge < -0.3 is 20.7 Å². The summed E-state index contributed by atoms with van der Waals surface area (Å²) in [7, 11) is 0. The van der Waals surface area contributed by atoms with E-state index in [1.54, 1.807) is 0 Å². The molecule has 0 bridgehead atoms. The van der Waals surface area contributed by atoms with Crippen LogP contribution in [0.15, 0.2) is 0 Å². The van der Waals surface area contributed by atoms with Crippen molar-refractivity contribution in [1.82, 2.24) is 16.0 Å². The Morgan fingerprint density at radius 2 is 1.73 bits per heavy atom. The van der Waals surface area contributed by atoms with Crippen LogP contribution in [0.5, 0.6) is 0 Å². The Morgan fingerprint density at radius 3 is 2.27 bits per heavy atom. The van der Waals surface area contributed by atoms with Gasteiger partial charge in [0.15, 0.2) is 0 Å². The molecule has 6 nitrogen and oxygen atoms in total. The lowest BCUT2D eigenvalue weighted by atomic mass is 10.2. The van der Waals surface area contributed by atoms with E-state index in [1.165, 1.54) is 0 Å². The zero-order valence-electron chi connectivity index (χ0n) is 14.2. The van der Waals surface area contributed by atoms with Crippen molar-refractivity contribution in [3.05, 3.63) is 0 Å². The summed E-state index contributed by atoms with van der Waals surface area (Å²) in [5.41, 5.74) is -0.448. The average molecular weight is 313 g/mol. The molecule has 0 spiro atoms. The summed E-state index contributed by atoms with van der Waals surface area (Å²) in [6, 6.07) is 0.0121. The second-order valence-corrected chi connectivity index (χ2v) is 6.78. The first-order valence-electron chi connectivity index (χ1n) is 8.36. The highest BCUT2D eigenvalue weighted by molar-refractivity contribution is 5.81. The fourth-order valence-corrected chi connectivity index (χ4v) is 2.35. The van der Waals surface area contributed by atoms with Crippen LogP contribution >= 0.6 is 0 Å². The minimum absolute atomic E-state index is 0.0121. The fraction of sp³-hybridized carbons (Fsp3) is 0.875. The van der Waals surface area contributed by atoms with E-state index in [0.29, 0.717) is 6.54 Å². The molecule has 0 aliphatic carbocycles. The molecule has 1 aliphatic rings. The van der Waals surface area contributed by atoms with Gasteiger partial charge >= 0.3 is 6.09 Å². The number of unbranched alkanes of at least 4 members (excludes halogenated alkanes) is 3. The number of ether oxygens (including phenoxy) is 1. The van der Waals surface area contributed by atoms with Crippen molar-refractivity contribution in [1.29, 1.82) is 0 Å². The molecule has 1 heterocycles. The summed E-state index contributed by atoms with van der Waals surface area (Å²) in [5.74, 6) is 0.129. The van der Waals surface area contributed by atoms with E-state index in [-0.39, 0.29) is 18.0 Å². The van der Waals surface area contributed by atoms with E-state index in [0.717, 1.165) is 51.6 Å². The smallest absolute Gasteiger partial charge is 0.407 e. The quantitative estimate of drug-likeness (QED) is 0.598. The molecule has 1 atom stereocenters. The Kier molecular flexibility index (Phi) is 8.24. The third kappa shape index (κ3) is 8.87. The van der Waals surface area contributed by atoms with Crippen molar-refractivity contribution in [2.45, 2.75) is 70.9 Å². The van der Waals surface area contributed by atoms with Crippen molar-refractivity contribution < 1.29 is 14.3 Å². The van der Waals surface area contributed by atoms with E-state index in [9.17, 15) is 9.59 Å². The molecule has 1 saturated heterocycles. The van der Waals surface area contributed by atoms with E-state index < -0.39 is 5.60 Å². The largest absolute Gasteiger partial charge is 0.444 e. The van der Waals surface area contributed by atoms with Crippen LogP contribution in [0, 0.1) is 0 Å². The van der Waals surface area contributed by atoms with Gasteiger partial charge in [-0.1, -0.05) is 12.8 Å². The van der Waals surface area contributed by atoms with Crippen molar-refractivity contribution in [2.24, 2.45) is 0 Å². The predicted octanol–water partition coefficient (Wildman–Crippen LogP) is 1.94. The van der Waals surface area contributed by atoms with Crippen LogP contribution in [0.25, 0.3) is 0 Å². The summed E-state index contributed by atoms with van der Waals surface area (Å²) < 4.78 is 5.15. The Labute approximate surface area is 133 Å². The van der Waals surface area contributed by atoms with Gasteiger partial charge in [-0.15, -0.1) is 0 Å². The third-order valence-electron chi connectivity index (χ3n) is 3.45. The van der Waals surface area contributed by atoms with Crippen LogP contribution in [0.4, 0.5) is 4.79 Å². The van der Waals surface area contributed by atoms with Crippen molar-refractivity contribution in [3.8, 4) is 0 Å². The third-order valence-corrected chi connectivity index (χ3v) is 3.45. The molecule has 128 valence electrons. The molecule has 0 radical (unpaired) electrons. The summed E-state index contributed by atoms with van der Waals surface area (Å²) in [6.07, 6.45) is 5.67. The number of hydrogen-bond acceptors (Lipinski definition) is 4. The molecule has 1 aliphatic heterocycles. The zero-order chi connectivity index (χ0) is 16.4. The Hall–Kier alpha value is -1.30. The molecule has 1 fully saturated rings. The van der Waals surface area contributed by atoms with Crippen molar-refractivity contribution >= 4 is 12.0 Å². The standard InChI is InChI=1S/C16H31N3O3/c1-16(2,3)22-15(21)19-11-7-5-4-6-10-18-14(20)13-9-8-12-17-13/h13,17H,4-12H2,1-3H3,(H,18,20)(H,19,21)/t13-/m0/s1. The van der Waals surface area contributed by atoms with E-state index in [1.807, 2.05) is 20.8 Å². The normalized spacial score (nSPS) is 18.0. The molecular weight excluding hydrogens is 282 g/mol. The van der Waals surface area contributed by atoms with E-state index in [2.05, 4.69) is 16.0 Å². The molecule has 1 rings (SSSR count). The molecule has 0 aromatic carbocycles. The molecule has 22 heavy (non-hydrogen) atoms. The first-order valence-corrected chi connectivity index (χ1v) is 8.36. The number of rotatable bonds is 8. The lowest BCUT2D eigenvalue weighted by molar-refractivity contribution is -0.122. The van der Waals surface area contributed by atoms with Crippen molar-refractivity contribution in [3.63, 3.8) is 0 Å². The number of hydrogen-bond donors (Lipinski definition) is 3. The Morgan fingerprint density at radius 1 is 1.09 bits per heavy atom. The van der Waals surface area contributed by atoms with Gasteiger partial charge in [-0.3, -0.25) is 4.79 Å². The maximum Gasteiger partial charge on any atom is 0.407 e. The Bertz CT molecular complexity index is 347. The van der Waals surface area contributed by atoms with E-state index in [4.69, 9.17) is 4.74 Å². The minimum Gasteiger partial charge on any atom is -0.444 e. The number of amides is 2. The van der Waals surface area contributed by atoms with Gasteiger partial charge in [0.2, 0.25) is 5.91 Å². The van der Waals surface area contributed by atoms with Crippen molar-refractivity contribution in [2.75, 3.05) is 19.6 Å². The molecule has 0 unspecified atom stereocenters. The summed E-state index contributed by atoms with van der Waals surface area (Å²) >= 11 is 0. The van der Waals surface area contributed by atoms with Gasteiger partial charge in [0.05, 0.1) is 6.04 Å². The number of nitrogens with one attached hydrogen (secondary N) is 3. The Balaban J connectivity index is 1.89. The van der Waals surface area contributed by atoms with Gasteiger partial charge in [-0.25, -0.2) is 4.79 Å². The molecule has 0 aromatic heterocycles. The summed E-state index contributed by atoms with van der Waals surface area (Å²) in [5, 5.41) is 8.90. The highest BCUT2D eigenvalue weighted by atomic mass is 16.6. The minimum atomic E-state index is -0.448. The summed E-state index contributed by atoms with van der Waals surface area (Å²) in [6.45, 7) is 7.86. The first-order chi connectivity index (χ1) is 10.4. The zero-order valence-corrected chi connectivity index (χ0v) is 14.2. The van der Waals surface area contributed by atoms with E-state index >= 15 is 0 Å². The topological polar surface area (TPSA) is 79.5 Å². The average Bonchev–Trinajstić information content (AvgIpc) is 2.93. The van der Waals surface area contributed by atoms with Crippen LogP contribution in [-0.2, 0) is 9.53 Å². The molecule has 3 N–H and O–H groups in total. The van der Waals surface area contributed by atoms with Crippen LogP contribution in [0.1, 0.15) is 59.3 Å². The highest BCUT2D eigenvalue weighted by Gasteiger charge is 2.21. The molecule has 0 saturated carbocycles. The number of alkyl carbamates (subject to hydrolysis) is 1. The van der Waals surface area contributed by atoms with Crippen LogP contribution < -0.4 is 16.0 Å². The van der Waals surface area contributed by atoms with Gasteiger partial charge in [-0.05, 0) is 53.0 Å². The highest BCUT2D eigenvalue weighted by Crippen LogP contribution is 2.07. The molecule has 2 amide bonds. The van der Waals surface area contributed by atoms with Crippen LogP contribution in [-0.4, -0.2) is 43.3 Å². The van der Waals surface area contributed by atoms with Gasteiger partial charge in [0, 0.05) is 13.1 Å². The SMILES string of the molecule is CC(C)(C)OC(=O)NCCCCCCNC(=O)[C@@H]1CCCN1. The number of carbonyl (C=O) groups excluding carboxylic acids is 2. The molecular formula is C16H31N3O3. The van der Waals surface area contributed by atoms with Gasteiger partial charge in [0.25, 0.3) is 0 Å². The second-order valence-electron chi connectivity index (χ2n) is 6.78. The second kappa shape index (κ2) is 9.66. The van der Waals surface area contributed by atoms with Crippen LogP contribution in [0.3, 0.4) is 0 Å². The van der Waals surface area contributed by atoms with Gasteiger partial charge in [0.1, 0.15) is 5.60 Å². The monoisotopic (exact) mass is 313 g/mol. The lowest BCUT2D eigenvalue weighted by Crippen LogP contribution is -2.40. The maximum atomic E-state index is 11.7. The number of carbonyl (C=O) groups is 2. The summed E-state index contributed by atoms with van der Waals surface area (Å²) in [4.78, 5) is 23.1. The lowest BCUT2D eigenvalue weighted by Gasteiger charge is -2.19. The maximum absolute atomic E-state index is 11.7. The van der Waals surface area contributed by atoms with Gasteiger partial charge in [-0.2, -0.15) is 0 Å². The first kappa shape index (κ1) is 18.7. The molecule has 0 aromatic rings. The molecule has 6 heteroatoms.